The molecule has 0 spiro atoms. The van der Waals surface area contributed by atoms with Gasteiger partial charge < -0.3 is 10.6 Å². The molecule has 8 heteroatoms. The van der Waals surface area contributed by atoms with Crippen molar-refractivity contribution < 1.29 is 13.2 Å². The van der Waals surface area contributed by atoms with Gasteiger partial charge in [-0.25, -0.2) is 18.4 Å². The highest BCUT2D eigenvalue weighted by Gasteiger charge is 2.29. The van der Waals surface area contributed by atoms with Gasteiger partial charge in [0, 0.05) is 52.3 Å². The summed E-state index contributed by atoms with van der Waals surface area (Å²) in [6.45, 7) is 0. The van der Waals surface area contributed by atoms with E-state index < -0.39 is 9.84 Å². The van der Waals surface area contributed by atoms with Crippen LogP contribution in [0.4, 0.5) is 17.2 Å². The minimum absolute atomic E-state index is 0.0770. The topological polar surface area (TPSA) is 101 Å². The summed E-state index contributed by atoms with van der Waals surface area (Å²) in [5.74, 6) is 7.10. The minimum atomic E-state index is -3.25. The highest BCUT2D eigenvalue weighted by Crippen LogP contribution is 2.30. The SMILES string of the molecule is CS(=O)(=O)c1ccc(Nc2cc3c(C#Cc4ccc(NC(=O)C5CC5)cc4)nccc3cn2)cc1. The highest BCUT2D eigenvalue weighted by molar-refractivity contribution is 7.90. The molecule has 1 amide bonds. The van der Waals surface area contributed by atoms with Crippen molar-refractivity contribution in [2.75, 3.05) is 16.9 Å². The van der Waals surface area contributed by atoms with Crippen LogP contribution < -0.4 is 10.6 Å². The number of amides is 1. The molecule has 0 bridgehead atoms. The zero-order valence-corrected chi connectivity index (χ0v) is 19.8. The molecule has 2 heterocycles. The summed E-state index contributed by atoms with van der Waals surface area (Å²) in [5, 5.41) is 7.86. The van der Waals surface area contributed by atoms with Gasteiger partial charge in [-0.2, -0.15) is 0 Å². The Morgan fingerprint density at radius 2 is 1.66 bits per heavy atom. The maximum atomic E-state index is 11.9. The van der Waals surface area contributed by atoms with Gasteiger partial charge in [-0.3, -0.25) is 4.79 Å². The van der Waals surface area contributed by atoms with Crippen LogP contribution >= 0.6 is 0 Å². The second-order valence-corrected chi connectivity index (χ2v) is 10.5. The Bertz CT molecular complexity index is 1580. The molecule has 5 rings (SSSR count). The van der Waals surface area contributed by atoms with Gasteiger partial charge in [0.25, 0.3) is 0 Å². The van der Waals surface area contributed by atoms with Gasteiger partial charge in [-0.05, 0) is 79.4 Å². The lowest BCUT2D eigenvalue weighted by atomic mass is 10.1. The van der Waals surface area contributed by atoms with Gasteiger partial charge in [-0.15, -0.1) is 0 Å². The molecule has 2 N–H and O–H groups in total. The second kappa shape index (κ2) is 9.20. The number of hydrogen-bond acceptors (Lipinski definition) is 6. The van der Waals surface area contributed by atoms with Crippen LogP contribution in [-0.4, -0.2) is 30.5 Å². The molecule has 7 nitrogen and oxygen atoms in total. The van der Waals surface area contributed by atoms with Crippen LogP contribution in [0.2, 0.25) is 0 Å². The summed E-state index contributed by atoms with van der Waals surface area (Å²) in [7, 11) is -3.25. The van der Waals surface area contributed by atoms with E-state index >= 15 is 0 Å². The summed E-state index contributed by atoms with van der Waals surface area (Å²) in [6.07, 6.45) is 6.55. The van der Waals surface area contributed by atoms with Crippen molar-refractivity contribution in [2.45, 2.75) is 17.7 Å². The molecule has 4 aromatic rings. The Kier molecular flexibility index (Phi) is 5.93. The van der Waals surface area contributed by atoms with Crippen LogP contribution in [0.25, 0.3) is 10.8 Å². The third-order valence-corrected chi connectivity index (χ3v) is 6.76. The van der Waals surface area contributed by atoms with Crippen LogP contribution in [-0.2, 0) is 14.6 Å². The van der Waals surface area contributed by atoms with Gasteiger partial charge in [0.2, 0.25) is 5.91 Å². The summed E-state index contributed by atoms with van der Waals surface area (Å²) in [6, 6.07) is 17.7. The largest absolute Gasteiger partial charge is 0.340 e. The van der Waals surface area contributed by atoms with E-state index in [1.165, 1.54) is 6.26 Å². The van der Waals surface area contributed by atoms with Crippen molar-refractivity contribution in [3.05, 3.63) is 84.3 Å². The molecule has 1 saturated carbocycles. The van der Waals surface area contributed by atoms with Gasteiger partial charge in [-0.1, -0.05) is 5.92 Å². The first-order valence-corrected chi connectivity index (χ1v) is 13.0. The first-order chi connectivity index (χ1) is 16.8. The smallest absolute Gasteiger partial charge is 0.227 e. The van der Waals surface area contributed by atoms with Crippen LogP contribution in [0.3, 0.4) is 0 Å². The molecular formula is C27H22N4O3S. The predicted molar refractivity (Wildman–Crippen MR) is 136 cm³/mol. The number of carbonyl (C=O) groups is 1. The molecule has 0 radical (unpaired) electrons. The number of nitrogens with zero attached hydrogens (tertiary/aromatic N) is 2. The number of aromatic nitrogens is 2. The Hall–Kier alpha value is -4.22. The molecule has 174 valence electrons. The van der Waals surface area contributed by atoms with Gasteiger partial charge in [0.05, 0.1) is 4.90 Å². The summed E-state index contributed by atoms with van der Waals surface area (Å²) < 4.78 is 23.3. The zero-order valence-electron chi connectivity index (χ0n) is 18.9. The summed E-state index contributed by atoms with van der Waals surface area (Å²) in [4.78, 5) is 21.1. The van der Waals surface area contributed by atoms with E-state index in [4.69, 9.17) is 0 Å². The quantitative estimate of drug-likeness (QED) is 0.406. The standard InChI is InChI=1S/C27H22N4O3S/c1-35(33,34)23-11-9-21(10-12-23)30-26-16-24-20(17-29-26)14-15-28-25(24)13-4-18-2-7-22(8-3-18)31-27(32)19-5-6-19/h2-3,7-12,14-17,19H,5-6H2,1H3,(H,29,30)(H,31,32). The van der Waals surface area contributed by atoms with Crippen LogP contribution in [0, 0.1) is 17.8 Å². The van der Waals surface area contributed by atoms with Crippen molar-refractivity contribution in [3.63, 3.8) is 0 Å². The monoisotopic (exact) mass is 482 g/mol. The van der Waals surface area contributed by atoms with Gasteiger partial charge >= 0.3 is 0 Å². The number of benzene rings is 2. The number of carbonyl (C=O) groups excluding carboxylic acids is 1. The van der Waals surface area contributed by atoms with Crippen molar-refractivity contribution in [1.29, 1.82) is 0 Å². The third kappa shape index (κ3) is 5.48. The van der Waals surface area contributed by atoms with Crippen molar-refractivity contribution in [3.8, 4) is 11.8 Å². The molecule has 1 aliphatic carbocycles. The molecule has 0 saturated heterocycles. The Morgan fingerprint density at radius 3 is 2.34 bits per heavy atom. The number of rotatable bonds is 5. The number of sulfone groups is 1. The average molecular weight is 483 g/mol. The second-order valence-electron chi connectivity index (χ2n) is 8.46. The molecule has 0 aliphatic heterocycles. The first-order valence-electron chi connectivity index (χ1n) is 11.1. The fourth-order valence-corrected chi connectivity index (χ4v) is 4.16. The number of nitrogens with one attached hydrogen (secondary N) is 2. The van der Waals surface area contributed by atoms with E-state index in [-0.39, 0.29) is 16.7 Å². The average Bonchev–Trinajstić information content (AvgIpc) is 3.69. The molecule has 2 aromatic carbocycles. The number of fused-ring (bicyclic) bond motifs is 1. The fourth-order valence-electron chi connectivity index (χ4n) is 3.52. The van der Waals surface area contributed by atoms with E-state index in [9.17, 15) is 13.2 Å². The van der Waals surface area contributed by atoms with Crippen molar-refractivity contribution >= 4 is 43.7 Å². The lowest BCUT2D eigenvalue weighted by Crippen LogP contribution is -2.12. The molecule has 0 atom stereocenters. The lowest BCUT2D eigenvalue weighted by molar-refractivity contribution is -0.117. The Morgan fingerprint density at radius 1 is 0.943 bits per heavy atom. The van der Waals surface area contributed by atoms with E-state index in [0.717, 1.165) is 40.6 Å². The third-order valence-electron chi connectivity index (χ3n) is 5.63. The molecular weight excluding hydrogens is 460 g/mol. The summed E-state index contributed by atoms with van der Waals surface area (Å²) >= 11 is 0. The number of anilines is 3. The van der Waals surface area contributed by atoms with Gasteiger partial charge in [0.1, 0.15) is 11.5 Å². The van der Waals surface area contributed by atoms with E-state index in [1.54, 1.807) is 36.7 Å². The molecule has 35 heavy (non-hydrogen) atoms. The van der Waals surface area contributed by atoms with E-state index in [2.05, 4.69) is 32.4 Å². The fraction of sp³-hybridized carbons (Fsp3) is 0.148. The van der Waals surface area contributed by atoms with E-state index in [1.807, 2.05) is 36.4 Å². The zero-order chi connectivity index (χ0) is 24.4. The van der Waals surface area contributed by atoms with Gasteiger partial charge in [0.15, 0.2) is 9.84 Å². The maximum absolute atomic E-state index is 11.9. The van der Waals surface area contributed by atoms with Crippen molar-refractivity contribution in [2.24, 2.45) is 5.92 Å². The Balaban J connectivity index is 1.36. The normalized spacial score (nSPS) is 13.1. The highest BCUT2D eigenvalue weighted by atomic mass is 32.2. The Labute approximate surface area is 203 Å². The first kappa shape index (κ1) is 22.6. The number of hydrogen-bond donors (Lipinski definition) is 2. The van der Waals surface area contributed by atoms with Crippen LogP contribution in [0.1, 0.15) is 24.1 Å². The minimum Gasteiger partial charge on any atom is -0.340 e. The predicted octanol–water partition coefficient (Wildman–Crippen LogP) is 4.53. The van der Waals surface area contributed by atoms with E-state index in [0.29, 0.717) is 11.5 Å². The molecule has 1 aliphatic rings. The number of pyridine rings is 2. The summed E-state index contributed by atoms with van der Waals surface area (Å²) in [5.41, 5.74) is 2.91. The molecule has 1 fully saturated rings. The maximum Gasteiger partial charge on any atom is 0.227 e. The van der Waals surface area contributed by atoms with Crippen molar-refractivity contribution in [1.82, 2.24) is 9.97 Å². The van der Waals surface area contributed by atoms with Crippen LogP contribution in [0.5, 0.6) is 0 Å². The van der Waals surface area contributed by atoms with Crippen LogP contribution in [0.15, 0.2) is 78.0 Å². The molecule has 2 aromatic heterocycles. The lowest BCUT2D eigenvalue weighted by Gasteiger charge is -2.08. The molecule has 0 unspecified atom stereocenters.